The number of pyridine rings is 1. The van der Waals surface area contributed by atoms with Crippen LogP contribution >= 0.6 is 11.6 Å². The monoisotopic (exact) mass is 520 g/mol. The van der Waals surface area contributed by atoms with Crippen LogP contribution in [-0.4, -0.2) is 37.0 Å². The molecule has 0 bridgehead atoms. The number of nitrogens with zero attached hydrogens (tertiary/aromatic N) is 5. The summed E-state index contributed by atoms with van der Waals surface area (Å²) in [7, 11) is 0. The highest BCUT2D eigenvalue weighted by molar-refractivity contribution is 6.30. The first-order valence-corrected chi connectivity index (χ1v) is 12.8. The Morgan fingerprint density at radius 2 is 1.68 bits per heavy atom. The van der Waals surface area contributed by atoms with Gasteiger partial charge in [0.15, 0.2) is 5.69 Å². The van der Waals surface area contributed by atoms with Crippen molar-refractivity contribution in [2.45, 2.75) is 20.4 Å². The van der Waals surface area contributed by atoms with Crippen LogP contribution in [0.1, 0.15) is 21.7 Å². The van der Waals surface area contributed by atoms with Gasteiger partial charge in [0.05, 0.1) is 11.2 Å². The zero-order chi connectivity index (χ0) is 26.2. The SMILES string of the molecule is Cc1cc(C)c2c3ccccc3n(CCNC(=O)c3nnn(-c4ccc(Cl)cc4)c3-c3ccccc3)c2n1. The maximum atomic E-state index is 13.4. The van der Waals surface area contributed by atoms with E-state index in [0.29, 0.717) is 23.8 Å². The quantitative estimate of drug-likeness (QED) is 0.286. The predicted octanol–water partition coefficient (Wildman–Crippen LogP) is 6.14. The van der Waals surface area contributed by atoms with Crippen LogP contribution in [0.15, 0.2) is 84.9 Å². The fourth-order valence-corrected chi connectivity index (χ4v) is 5.15. The number of rotatable bonds is 6. The van der Waals surface area contributed by atoms with Crippen LogP contribution in [0.2, 0.25) is 5.02 Å². The van der Waals surface area contributed by atoms with Crippen molar-refractivity contribution in [3.05, 3.63) is 107 Å². The van der Waals surface area contributed by atoms with Crippen molar-refractivity contribution in [1.82, 2.24) is 29.9 Å². The van der Waals surface area contributed by atoms with E-state index in [1.807, 2.05) is 61.5 Å². The molecule has 0 saturated carbocycles. The summed E-state index contributed by atoms with van der Waals surface area (Å²) in [4.78, 5) is 18.3. The van der Waals surface area contributed by atoms with Crippen LogP contribution in [0.25, 0.3) is 38.9 Å². The normalized spacial score (nSPS) is 11.3. The Hall–Kier alpha value is -4.49. The molecule has 0 radical (unpaired) electrons. The standard InChI is InChI=1S/C30H25ClN6O/c1-19-18-20(2)33-29-26(19)24-10-6-7-11-25(24)36(29)17-16-32-30(38)27-28(21-8-4-3-5-9-21)37(35-34-27)23-14-12-22(31)13-15-23/h3-15,18H,16-17H2,1-2H3,(H,32,38). The largest absolute Gasteiger partial charge is 0.349 e. The van der Waals surface area contributed by atoms with Gasteiger partial charge in [-0.1, -0.05) is 65.3 Å². The van der Waals surface area contributed by atoms with Gasteiger partial charge in [-0.15, -0.1) is 5.10 Å². The number of benzene rings is 3. The maximum Gasteiger partial charge on any atom is 0.274 e. The molecular formula is C30H25ClN6O. The van der Waals surface area contributed by atoms with Crippen molar-refractivity contribution >= 4 is 39.4 Å². The fourth-order valence-electron chi connectivity index (χ4n) is 5.02. The zero-order valence-corrected chi connectivity index (χ0v) is 21.8. The predicted molar refractivity (Wildman–Crippen MR) is 151 cm³/mol. The van der Waals surface area contributed by atoms with Crippen molar-refractivity contribution in [1.29, 1.82) is 0 Å². The van der Waals surface area contributed by atoms with E-state index >= 15 is 0 Å². The number of nitrogens with one attached hydrogen (secondary N) is 1. The first kappa shape index (κ1) is 23.9. The number of carbonyl (C=O) groups excluding carboxylic acids is 1. The second-order valence-electron chi connectivity index (χ2n) is 9.24. The van der Waals surface area contributed by atoms with Gasteiger partial charge in [0.1, 0.15) is 11.3 Å². The molecule has 3 heterocycles. The van der Waals surface area contributed by atoms with Crippen LogP contribution in [0.4, 0.5) is 0 Å². The van der Waals surface area contributed by atoms with Crippen LogP contribution in [0, 0.1) is 13.8 Å². The maximum absolute atomic E-state index is 13.4. The molecule has 0 aliphatic rings. The van der Waals surface area contributed by atoms with Crippen molar-refractivity contribution < 1.29 is 4.79 Å². The lowest BCUT2D eigenvalue weighted by atomic mass is 10.1. The Kier molecular flexibility index (Phi) is 6.13. The van der Waals surface area contributed by atoms with Crippen LogP contribution in [0.3, 0.4) is 0 Å². The lowest BCUT2D eigenvalue weighted by Gasteiger charge is -2.10. The second kappa shape index (κ2) is 9.76. The van der Waals surface area contributed by atoms with E-state index in [1.165, 1.54) is 5.56 Å². The summed E-state index contributed by atoms with van der Waals surface area (Å²) in [6, 6.07) is 27.3. The lowest BCUT2D eigenvalue weighted by Crippen LogP contribution is -2.28. The Balaban J connectivity index is 1.32. The molecule has 0 aliphatic heterocycles. The highest BCUT2D eigenvalue weighted by Crippen LogP contribution is 2.31. The number of aryl methyl sites for hydroxylation is 2. The van der Waals surface area contributed by atoms with E-state index in [4.69, 9.17) is 16.6 Å². The number of para-hydroxylation sites is 1. The molecule has 188 valence electrons. The third-order valence-electron chi connectivity index (χ3n) is 6.67. The molecule has 6 aromatic rings. The summed E-state index contributed by atoms with van der Waals surface area (Å²) in [5, 5.41) is 14.6. The van der Waals surface area contributed by atoms with E-state index in [0.717, 1.165) is 38.9 Å². The number of fused-ring (bicyclic) bond motifs is 3. The highest BCUT2D eigenvalue weighted by atomic mass is 35.5. The molecule has 1 amide bonds. The molecule has 3 aromatic carbocycles. The molecule has 3 aromatic heterocycles. The lowest BCUT2D eigenvalue weighted by molar-refractivity contribution is 0.0948. The summed E-state index contributed by atoms with van der Waals surface area (Å²) in [5.74, 6) is -0.287. The summed E-state index contributed by atoms with van der Waals surface area (Å²) in [6.45, 7) is 5.09. The molecule has 0 saturated heterocycles. The number of halogens is 1. The minimum Gasteiger partial charge on any atom is -0.349 e. The molecule has 0 aliphatic carbocycles. The molecule has 7 nitrogen and oxygen atoms in total. The van der Waals surface area contributed by atoms with E-state index < -0.39 is 0 Å². The average Bonchev–Trinajstić information content (AvgIpc) is 3.50. The van der Waals surface area contributed by atoms with Gasteiger partial charge in [0.2, 0.25) is 0 Å². The van der Waals surface area contributed by atoms with Gasteiger partial charge >= 0.3 is 0 Å². The summed E-state index contributed by atoms with van der Waals surface area (Å²) in [6.07, 6.45) is 0. The Morgan fingerprint density at radius 1 is 0.947 bits per heavy atom. The highest BCUT2D eigenvalue weighted by Gasteiger charge is 2.22. The van der Waals surface area contributed by atoms with E-state index in [2.05, 4.69) is 45.3 Å². The van der Waals surface area contributed by atoms with E-state index in [-0.39, 0.29) is 11.6 Å². The Bertz CT molecular complexity index is 1790. The molecule has 0 spiro atoms. The van der Waals surface area contributed by atoms with Gasteiger partial charge in [0, 0.05) is 40.1 Å². The van der Waals surface area contributed by atoms with E-state index in [9.17, 15) is 4.79 Å². The first-order valence-electron chi connectivity index (χ1n) is 12.4. The molecule has 8 heteroatoms. The third kappa shape index (κ3) is 4.21. The minimum atomic E-state index is -0.287. The van der Waals surface area contributed by atoms with Crippen LogP contribution in [-0.2, 0) is 6.54 Å². The molecular weight excluding hydrogens is 496 g/mol. The topological polar surface area (TPSA) is 77.6 Å². The second-order valence-corrected chi connectivity index (χ2v) is 9.68. The number of amides is 1. The van der Waals surface area contributed by atoms with Crippen molar-refractivity contribution in [3.63, 3.8) is 0 Å². The third-order valence-corrected chi connectivity index (χ3v) is 6.92. The molecule has 6 rings (SSSR count). The number of hydrogen-bond donors (Lipinski definition) is 1. The molecule has 38 heavy (non-hydrogen) atoms. The fraction of sp³-hybridized carbons (Fsp3) is 0.133. The van der Waals surface area contributed by atoms with Gasteiger partial charge in [-0.3, -0.25) is 4.79 Å². The number of carbonyl (C=O) groups is 1. The average molecular weight is 521 g/mol. The molecule has 0 unspecified atom stereocenters. The molecule has 1 N–H and O–H groups in total. The molecule has 0 atom stereocenters. The van der Waals surface area contributed by atoms with Gasteiger partial charge in [-0.05, 0) is 55.8 Å². The van der Waals surface area contributed by atoms with Gasteiger partial charge in [-0.25, -0.2) is 9.67 Å². The minimum absolute atomic E-state index is 0.262. The Morgan fingerprint density at radius 3 is 2.47 bits per heavy atom. The summed E-state index contributed by atoms with van der Waals surface area (Å²) < 4.78 is 3.84. The van der Waals surface area contributed by atoms with Gasteiger partial charge in [-0.2, -0.15) is 0 Å². The zero-order valence-electron chi connectivity index (χ0n) is 21.0. The van der Waals surface area contributed by atoms with Gasteiger partial charge in [0.25, 0.3) is 5.91 Å². The van der Waals surface area contributed by atoms with Gasteiger partial charge < -0.3 is 9.88 Å². The summed E-state index contributed by atoms with van der Waals surface area (Å²) in [5.41, 5.74) is 6.67. The smallest absolute Gasteiger partial charge is 0.274 e. The van der Waals surface area contributed by atoms with Crippen molar-refractivity contribution in [3.8, 4) is 16.9 Å². The number of aromatic nitrogens is 5. The first-order chi connectivity index (χ1) is 18.5. The number of hydrogen-bond acceptors (Lipinski definition) is 4. The van der Waals surface area contributed by atoms with E-state index in [1.54, 1.807) is 16.8 Å². The van der Waals surface area contributed by atoms with Crippen molar-refractivity contribution in [2.24, 2.45) is 0 Å². The molecule has 0 fully saturated rings. The summed E-state index contributed by atoms with van der Waals surface area (Å²) >= 11 is 6.09. The van der Waals surface area contributed by atoms with Crippen LogP contribution in [0.5, 0.6) is 0 Å². The van der Waals surface area contributed by atoms with Crippen molar-refractivity contribution in [2.75, 3.05) is 6.54 Å². The Labute approximate surface area is 224 Å². The van der Waals surface area contributed by atoms with Crippen LogP contribution < -0.4 is 5.32 Å².